The summed E-state index contributed by atoms with van der Waals surface area (Å²) in [5.74, 6) is 0.721. The van der Waals surface area contributed by atoms with Crippen LogP contribution in [0.2, 0.25) is 0 Å². The van der Waals surface area contributed by atoms with Crippen LogP contribution in [0.5, 0.6) is 0 Å². The lowest BCUT2D eigenvalue weighted by atomic mass is 9.97. The lowest BCUT2D eigenvalue weighted by Gasteiger charge is -2.20. The number of nitrogens with zero attached hydrogens (tertiary/aromatic N) is 1. The summed E-state index contributed by atoms with van der Waals surface area (Å²) in [6.45, 7) is 12.8. The van der Waals surface area contributed by atoms with Crippen molar-refractivity contribution in [1.82, 2.24) is 10.3 Å². The highest BCUT2D eigenvalue weighted by molar-refractivity contribution is 9.10. The molecule has 0 aliphatic heterocycles. The number of aromatic nitrogens is 1. The van der Waals surface area contributed by atoms with Gasteiger partial charge in [0.2, 0.25) is 0 Å². The Labute approximate surface area is 125 Å². The van der Waals surface area contributed by atoms with Crippen molar-refractivity contribution in [2.45, 2.75) is 47.1 Å². The van der Waals surface area contributed by atoms with Crippen LogP contribution in [0, 0.1) is 16.7 Å². The molecule has 2 nitrogen and oxygen atoms in total. The molecule has 1 aromatic heterocycles. The highest BCUT2D eigenvalue weighted by Crippen LogP contribution is 2.69. The Morgan fingerprint density at radius 3 is 2.37 bits per heavy atom. The molecule has 0 bridgehead atoms. The maximum absolute atomic E-state index is 4.28. The van der Waals surface area contributed by atoms with Crippen LogP contribution in [0.25, 0.3) is 0 Å². The van der Waals surface area contributed by atoms with Crippen LogP contribution >= 0.6 is 15.9 Å². The molecule has 0 spiro atoms. The average molecular weight is 325 g/mol. The summed E-state index contributed by atoms with van der Waals surface area (Å²) in [6.07, 6.45) is 4.88. The zero-order valence-corrected chi connectivity index (χ0v) is 14.2. The van der Waals surface area contributed by atoms with Gasteiger partial charge in [-0.25, -0.2) is 0 Å². The van der Waals surface area contributed by atoms with Crippen molar-refractivity contribution >= 4 is 15.9 Å². The van der Waals surface area contributed by atoms with Gasteiger partial charge in [-0.2, -0.15) is 0 Å². The lowest BCUT2D eigenvalue weighted by Crippen LogP contribution is -2.35. The van der Waals surface area contributed by atoms with E-state index in [1.807, 2.05) is 12.4 Å². The summed E-state index contributed by atoms with van der Waals surface area (Å²) >= 11 is 3.51. The zero-order valence-electron chi connectivity index (χ0n) is 12.6. The SMILES string of the molecule is CCNC(Cc1cncc(Br)c1)C1C(C)(C)C1(C)C. The molecule has 19 heavy (non-hydrogen) atoms. The minimum atomic E-state index is 0.416. The van der Waals surface area contributed by atoms with E-state index in [4.69, 9.17) is 0 Å². The summed E-state index contributed by atoms with van der Waals surface area (Å²) in [4.78, 5) is 4.28. The first-order valence-corrected chi connectivity index (χ1v) is 7.92. The van der Waals surface area contributed by atoms with Gasteiger partial charge < -0.3 is 5.32 Å². The zero-order chi connectivity index (χ0) is 14.3. The fraction of sp³-hybridized carbons (Fsp3) is 0.688. The van der Waals surface area contributed by atoms with Crippen molar-refractivity contribution in [1.29, 1.82) is 0 Å². The third kappa shape index (κ3) is 2.73. The molecule has 1 saturated carbocycles. The number of hydrogen-bond acceptors (Lipinski definition) is 2. The predicted molar refractivity (Wildman–Crippen MR) is 84.2 cm³/mol. The molecule has 1 aliphatic carbocycles. The maximum Gasteiger partial charge on any atom is 0.0410 e. The molecule has 1 unspecified atom stereocenters. The Bertz CT molecular complexity index is 440. The minimum absolute atomic E-state index is 0.416. The van der Waals surface area contributed by atoms with Crippen molar-refractivity contribution in [2.24, 2.45) is 16.7 Å². The van der Waals surface area contributed by atoms with Gasteiger partial charge in [-0.3, -0.25) is 4.98 Å². The highest BCUT2D eigenvalue weighted by atomic mass is 79.9. The fourth-order valence-electron chi connectivity index (χ4n) is 3.64. The predicted octanol–water partition coefficient (Wildman–Crippen LogP) is 4.05. The van der Waals surface area contributed by atoms with Gasteiger partial charge in [-0.05, 0) is 57.3 Å². The molecule has 0 amide bonds. The smallest absolute Gasteiger partial charge is 0.0410 e. The van der Waals surface area contributed by atoms with Gasteiger partial charge >= 0.3 is 0 Å². The lowest BCUT2D eigenvalue weighted by molar-refractivity contribution is 0.403. The molecular weight excluding hydrogens is 300 g/mol. The van der Waals surface area contributed by atoms with E-state index in [0.717, 1.165) is 23.4 Å². The van der Waals surface area contributed by atoms with Crippen LogP contribution in [0.4, 0.5) is 0 Å². The molecule has 0 saturated heterocycles. The normalized spacial score (nSPS) is 22.2. The Morgan fingerprint density at radius 2 is 1.89 bits per heavy atom. The first-order chi connectivity index (χ1) is 8.80. The van der Waals surface area contributed by atoms with Crippen LogP contribution < -0.4 is 5.32 Å². The molecule has 1 N–H and O–H groups in total. The number of halogens is 1. The van der Waals surface area contributed by atoms with Crippen molar-refractivity contribution < 1.29 is 0 Å². The molecular formula is C16H25BrN2. The van der Waals surface area contributed by atoms with E-state index < -0.39 is 0 Å². The van der Waals surface area contributed by atoms with E-state index in [1.54, 1.807) is 0 Å². The van der Waals surface area contributed by atoms with E-state index in [-0.39, 0.29) is 0 Å². The summed E-state index contributed by atoms with van der Waals surface area (Å²) in [7, 11) is 0. The number of likely N-dealkylation sites (N-methyl/N-ethyl adjacent to an activating group) is 1. The van der Waals surface area contributed by atoms with Gasteiger partial charge in [0.05, 0.1) is 0 Å². The molecule has 1 atom stereocenters. The maximum atomic E-state index is 4.28. The third-order valence-corrected chi connectivity index (χ3v) is 5.65. The van der Waals surface area contributed by atoms with Crippen LogP contribution in [0.15, 0.2) is 22.9 Å². The first-order valence-electron chi connectivity index (χ1n) is 7.13. The molecule has 1 aliphatic rings. The molecule has 2 rings (SSSR count). The molecule has 0 aromatic carbocycles. The fourth-order valence-corrected chi connectivity index (χ4v) is 4.06. The molecule has 106 valence electrons. The van der Waals surface area contributed by atoms with Crippen LogP contribution in [0.1, 0.15) is 40.2 Å². The van der Waals surface area contributed by atoms with Gasteiger partial charge in [0.1, 0.15) is 0 Å². The standard InChI is InChI=1S/C16H25BrN2/c1-6-19-13(14-15(2,3)16(14,4)5)8-11-7-12(17)10-18-9-11/h7,9-10,13-14,19H,6,8H2,1-5H3. The Hall–Kier alpha value is -0.410. The first kappa shape index (κ1) is 15.0. The number of hydrogen-bond donors (Lipinski definition) is 1. The Balaban J connectivity index is 2.14. The molecule has 0 radical (unpaired) electrons. The summed E-state index contributed by atoms with van der Waals surface area (Å²) in [6, 6.07) is 2.71. The summed E-state index contributed by atoms with van der Waals surface area (Å²) < 4.78 is 1.06. The van der Waals surface area contributed by atoms with Gasteiger partial charge in [-0.15, -0.1) is 0 Å². The van der Waals surface area contributed by atoms with Crippen LogP contribution in [0.3, 0.4) is 0 Å². The largest absolute Gasteiger partial charge is 0.314 e. The average Bonchev–Trinajstić information content (AvgIpc) is 2.69. The Kier molecular flexibility index (Phi) is 4.08. The number of rotatable bonds is 5. The van der Waals surface area contributed by atoms with Gasteiger partial charge in [-0.1, -0.05) is 34.6 Å². The monoisotopic (exact) mass is 324 g/mol. The van der Waals surface area contributed by atoms with Crippen molar-refractivity contribution in [3.8, 4) is 0 Å². The number of nitrogens with one attached hydrogen (secondary N) is 1. The molecule has 1 aromatic rings. The van der Waals surface area contributed by atoms with Gasteiger partial charge in [0.25, 0.3) is 0 Å². The van der Waals surface area contributed by atoms with E-state index in [1.165, 1.54) is 5.56 Å². The van der Waals surface area contributed by atoms with E-state index >= 15 is 0 Å². The van der Waals surface area contributed by atoms with E-state index in [0.29, 0.717) is 16.9 Å². The summed E-state index contributed by atoms with van der Waals surface area (Å²) in [5.41, 5.74) is 2.14. The van der Waals surface area contributed by atoms with Crippen LogP contribution in [-0.4, -0.2) is 17.6 Å². The van der Waals surface area contributed by atoms with E-state index in [9.17, 15) is 0 Å². The Morgan fingerprint density at radius 1 is 1.26 bits per heavy atom. The second kappa shape index (κ2) is 5.17. The van der Waals surface area contributed by atoms with Crippen molar-refractivity contribution in [3.05, 3.63) is 28.5 Å². The quantitative estimate of drug-likeness (QED) is 0.883. The molecule has 3 heteroatoms. The third-order valence-electron chi connectivity index (χ3n) is 5.22. The van der Waals surface area contributed by atoms with Gasteiger partial charge in [0, 0.05) is 22.9 Å². The molecule has 1 heterocycles. The highest BCUT2D eigenvalue weighted by Gasteiger charge is 2.66. The van der Waals surface area contributed by atoms with Gasteiger partial charge in [0.15, 0.2) is 0 Å². The van der Waals surface area contributed by atoms with Crippen molar-refractivity contribution in [2.75, 3.05) is 6.54 Å². The topological polar surface area (TPSA) is 24.9 Å². The van der Waals surface area contributed by atoms with E-state index in [2.05, 4.69) is 66.9 Å². The minimum Gasteiger partial charge on any atom is -0.314 e. The second-order valence-corrected chi connectivity index (χ2v) is 7.72. The number of pyridine rings is 1. The summed E-state index contributed by atoms with van der Waals surface area (Å²) in [5, 5.41) is 3.68. The van der Waals surface area contributed by atoms with Crippen LogP contribution in [-0.2, 0) is 6.42 Å². The molecule has 1 fully saturated rings. The second-order valence-electron chi connectivity index (χ2n) is 6.80. The van der Waals surface area contributed by atoms with Crippen molar-refractivity contribution in [3.63, 3.8) is 0 Å².